The molecule has 0 radical (unpaired) electrons. The van der Waals surface area contributed by atoms with Crippen LogP contribution < -0.4 is 5.73 Å². The van der Waals surface area contributed by atoms with Gasteiger partial charge in [0.2, 0.25) is 5.89 Å². The normalized spacial score (nSPS) is 16.7. The van der Waals surface area contributed by atoms with Crippen molar-refractivity contribution in [2.45, 2.75) is 39.2 Å². The van der Waals surface area contributed by atoms with Gasteiger partial charge in [0, 0.05) is 6.42 Å². The van der Waals surface area contributed by atoms with Gasteiger partial charge < -0.3 is 14.8 Å². The Kier molecular flexibility index (Phi) is 5.73. The average molecular weight is 261 g/mol. The summed E-state index contributed by atoms with van der Waals surface area (Å²) >= 11 is -1.79. The maximum absolute atomic E-state index is 10.6. The van der Waals surface area contributed by atoms with E-state index < -0.39 is 11.1 Å². The second-order valence-electron chi connectivity index (χ2n) is 4.23. The Morgan fingerprint density at radius 3 is 2.88 bits per heavy atom. The summed E-state index contributed by atoms with van der Waals surface area (Å²) in [6.45, 7) is 3.91. The van der Waals surface area contributed by atoms with Crippen LogP contribution in [0.4, 0.5) is 0 Å². The van der Waals surface area contributed by atoms with Crippen LogP contribution in [-0.2, 0) is 17.5 Å². The molecule has 6 nitrogen and oxygen atoms in total. The van der Waals surface area contributed by atoms with Gasteiger partial charge in [0.15, 0.2) is 16.9 Å². The highest BCUT2D eigenvalue weighted by Gasteiger charge is 2.18. The average Bonchev–Trinajstić information content (AvgIpc) is 2.65. The zero-order chi connectivity index (χ0) is 12.8. The number of rotatable bonds is 7. The lowest BCUT2D eigenvalue weighted by molar-refractivity contribution is 0.332. The van der Waals surface area contributed by atoms with E-state index in [-0.39, 0.29) is 17.7 Å². The van der Waals surface area contributed by atoms with E-state index in [4.69, 9.17) is 14.8 Å². The van der Waals surface area contributed by atoms with E-state index in [1.54, 1.807) is 0 Å². The minimum atomic E-state index is -1.79. The van der Waals surface area contributed by atoms with Crippen molar-refractivity contribution in [1.29, 1.82) is 0 Å². The molecule has 0 aromatic carbocycles. The SMILES string of the molecule is CCCc1noc(C(N)CC(C)CS(=O)O)n1. The Balaban J connectivity index is 2.50. The molecule has 1 aromatic rings. The minimum Gasteiger partial charge on any atom is -0.338 e. The number of hydrogen-bond acceptors (Lipinski definition) is 5. The Morgan fingerprint density at radius 1 is 1.59 bits per heavy atom. The predicted molar refractivity (Wildman–Crippen MR) is 64.6 cm³/mol. The first kappa shape index (κ1) is 14.3. The van der Waals surface area contributed by atoms with Gasteiger partial charge in [-0.1, -0.05) is 19.0 Å². The van der Waals surface area contributed by atoms with Gasteiger partial charge in [0.05, 0.1) is 11.8 Å². The molecule has 3 atom stereocenters. The van der Waals surface area contributed by atoms with Crippen molar-refractivity contribution in [3.63, 3.8) is 0 Å². The van der Waals surface area contributed by atoms with Crippen LogP contribution in [0.5, 0.6) is 0 Å². The fourth-order valence-electron chi connectivity index (χ4n) is 1.59. The van der Waals surface area contributed by atoms with E-state index >= 15 is 0 Å². The van der Waals surface area contributed by atoms with Gasteiger partial charge in [-0.15, -0.1) is 0 Å². The molecular formula is C10H19N3O3S. The molecule has 0 aliphatic heterocycles. The first-order valence-corrected chi connectivity index (χ1v) is 6.96. The molecule has 0 bridgehead atoms. The molecule has 3 unspecified atom stereocenters. The van der Waals surface area contributed by atoms with Gasteiger partial charge in [-0.3, -0.25) is 0 Å². The van der Waals surface area contributed by atoms with Crippen LogP contribution >= 0.6 is 0 Å². The van der Waals surface area contributed by atoms with Gasteiger partial charge in [-0.2, -0.15) is 4.98 Å². The Morgan fingerprint density at radius 2 is 2.29 bits per heavy atom. The lowest BCUT2D eigenvalue weighted by atomic mass is 10.0. The lowest BCUT2D eigenvalue weighted by Gasteiger charge is -2.12. The fourth-order valence-corrected chi connectivity index (χ4v) is 2.21. The third-order valence-corrected chi connectivity index (χ3v) is 3.21. The van der Waals surface area contributed by atoms with Gasteiger partial charge in [0.25, 0.3) is 0 Å². The minimum absolute atomic E-state index is 0.0392. The molecule has 0 aliphatic rings. The standard InChI is InChI=1S/C10H19N3O3S/c1-3-4-9-12-10(16-13-9)8(11)5-7(2)6-17(14)15/h7-8H,3-6,11H2,1-2H3,(H,14,15). The molecule has 1 heterocycles. The van der Waals surface area contributed by atoms with Crippen LogP contribution in [0.3, 0.4) is 0 Å². The van der Waals surface area contributed by atoms with Crippen molar-refractivity contribution in [1.82, 2.24) is 10.1 Å². The lowest BCUT2D eigenvalue weighted by Crippen LogP contribution is -2.18. The van der Waals surface area contributed by atoms with Crippen molar-refractivity contribution in [3.05, 3.63) is 11.7 Å². The topological polar surface area (TPSA) is 102 Å². The number of aromatic nitrogens is 2. The van der Waals surface area contributed by atoms with Crippen molar-refractivity contribution < 1.29 is 13.3 Å². The summed E-state index contributed by atoms with van der Waals surface area (Å²) in [6.07, 6.45) is 2.28. The molecule has 0 saturated heterocycles. The Bertz CT molecular complexity index is 369. The monoisotopic (exact) mass is 261 g/mol. The fraction of sp³-hybridized carbons (Fsp3) is 0.800. The molecule has 1 rings (SSSR count). The zero-order valence-corrected chi connectivity index (χ0v) is 10.9. The molecule has 0 amide bonds. The summed E-state index contributed by atoms with van der Waals surface area (Å²) < 4.78 is 24.5. The van der Waals surface area contributed by atoms with Crippen LogP contribution in [0.15, 0.2) is 4.52 Å². The van der Waals surface area contributed by atoms with Crippen LogP contribution in [0.25, 0.3) is 0 Å². The number of hydrogen-bond donors (Lipinski definition) is 2. The summed E-state index contributed by atoms with van der Waals surface area (Å²) in [7, 11) is 0. The van der Waals surface area contributed by atoms with Crippen molar-refractivity contribution in [3.8, 4) is 0 Å². The largest absolute Gasteiger partial charge is 0.338 e. The summed E-state index contributed by atoms with van der Waals surface area (Å²) in [5.41, 5.74) is 5.90. The van der Waals surface area contributed by atoms with E-state index in [1.807, 2.05) is 13.8 Å². The quantitative estimate of drug-likeness (QED) is 0.716. The second-order valence-corrected chi connectivity index (χ2v) is 5.21. The summed E-state index contributed by atoms with van der Waals surface area (Å²) in [5.74, 6) is 1.32. The molecule has 3 N–H and O–H groups in total. The van der Waals surface area contributed by atoms with Crippen LogP contribution in [0, 0.1) is 5.92 Å². The summed E-state index contributed by atoms with van der Waals surface area (Å²) in [5, 5.41) is 3.82. The van der Waals surface area contributed by atoms with Crippen LogP contribution in [0.1, 0.15) is 44.4 Å². The third kappa shape index (κ3) is 4.93. The van der Waals surface area contributed by atoms with Crippen molar-refractivity contribution >= 4 is 11.1 Å². The van der Waals surface area contributed by atoms with Gasteiger partial charge in [-0.05, 0) is 18.8 Å². The molecule has 0 aliphatic carbocycles. The van der Waals surface area contributed by atoms with Gasteiger partial charge >= 0.3 is 0 Å². The summed E-state index contributed by atoms with van der Waals surface area (Å²) in [6, 6.07) is -0.369. The highest BCUT2D eigenvalue weighted by Crippen LogP contribution is 2.18. The molecule has 0 spiro atoms. The van der Waals surface area contributed by atoms with E-state index in [2.05, 4.69) is 10.1 Å². The van der Waals surface area contributed by atoms with E-state index in [9.17, 15) is 4.21 Å². The van der Waals surface area contributed by atoms with Crippen LogP contribution in [-0.4, -0.2) is 24.7 Å². The van der Waals surface area contributed by atoms with E-state index in [0.717, 1.165) is 12.8 Å². The van der Waals surface area contributed by atoms with E-state index in [0.29, 0.717) is 18.1 Å². The maximum atomic E-state index is 10.6. The van der Waals surface area contributed by atoms with Gasteiger partial charge in [-0.25, -0.2) is 4.21 Å². The highest BCUT2D eigenvalue weighted by atomic mass is 32.2. The van der Waals surface area contributed by atoms with Crippen LogP contribution in [0.2, 0.25) is 0 Å². The molecule has 17 heavy (non-hydrogen) atoms. The molecule has 1 aromatic heterocycles. The smallest absolute Gasteiger partial charge is 0.243 e. The third-order valence-electron chi connectivity index (χ3n) is 2.36. The second kappa shape index (κ2) is 6.83. The number of aryl methyl sites for hydroxylation is 1. The molecule has 98 valence electrons. The van der Waals surface area contributed by atoms with Gasteiger partial charge in [0.1, 0.15) is 0 Å². The zero-order valence-electron chi connectivity index (χ0n) is 10.1. The summed E-state index contributed by atoms with van der Waals surface area (Å²) in [4.78, 5) is 4.19. The number of nitrogens with zero attached hydrogens (tertiary/aromatic N) is 2. The number of nitrogens with two attached hydrogens (primary N) is 1. The first-order chi connectivity index (χ1) is 8.02. The van der Waals surface area contributed by atoms with E-state index in [1.165, 1.54) is 0 Å². The predicted octanol–water partition coefficient (Wildman–Crippen LogP) is 1.27. The molecule has 0 saturated carbocycles. The Labute approximate surface area is 103 Å². The van der Waals surface area contributed by atoms with Crippen molar-refractivity contribution in [2.24, 2.45) is 11.7 Å². The first-order valence-electron chi connectivity index (χ1n) is 5.68. The van der Waals surface area contributed by atoms with Crippen molar-refractivity contribution in [2.75, 3.05) is 5.75 Å². The maximum Gasteiger partial charge on any atom is 0.243 e. The highest BCUT2D eigenvalue weighted by molar-refractivity contribution is 7.79. The molecular weight excluding hydrogens is 242 g/mol. The molecule has 7 heteroatoms. The molecule has 0 fully saturated rings. The Hall–Kier alpha value is -0.790.